The third-order valence-electron chi connectivity index (χ3n) is 6.88. The number of carbonyl (C=O) groups excluding carboxylic acids is 1. The summed E-state index contributed by atoms with van der Waals surface area (Å²) in [6, 6.07) is 15.2. The van der Waals surface area contributed by atoms with Crippen LogP contribution in [0.3, 0.4) is 0 Å². The van der Waals surface area contributed by atoms with E-state index in [4.69, 9.17) is 4.74 Å². The first-order valence-electron chi connectivity index (χ1n) is 11.1. The highest BCUT2D eigenvalue weighted by molar-refractivity contribution is 14.1. The van der Waals surface area contributed by atoms with Crippen molar-refractivity contribution in [2.24, 2.45) is 0 Å². The van der Waals surface area contributed by atoms with Gasteiger partial charge in [-0.3, -0.25) is 4.79 Å². The summed E-state index contributed by atoms with van der Waals surface area (Å²) < 4.78 is 7.78. The van der Waals surface area contributed by atoms with Crippen LogP contribution < -0.4 is 0 Å². The van der Waals surface area contributed by atoms with Crippen LogP contribution in [0.1, 0.15) is 70.9 Å². The monoisotopic (exact) mass is 514 g/mol. The molecule has 2 nitrogen and oxygen atoms in total. The maximum absolute atomic E-state index is 13.6. The van der Waals surface area contributed by atoms with Gasteiger partial charge in [-0.05, 0) is 103 Å². The number of Topliss-reactive ketones (excluding diaryl/α,β-unsaturated/α-hetero) is 1. The predicted molar refractivity (Wildman–Crippen MR) is 133 cm³/mol. The van der Waals surface area contributed by atoms with E-state index in [-0.39, 0.29) is 11.4 Å². The molecular weight excluding hydrogens is 483 g/mol. The van der Waals surface area contributed by atoms with Gasteiger partial charge in [0.05, 0.1) is 5.60 Å². The first kappa shape index (κ1) is 21.8. The average molecular weight is 514 g/mol. The van der Waals surface area contributed by atoms with Gasteiger partial charge in [0.1, 0.15) is 5.60 Å². The molecule has 1 saturated carbocycles. The molecule has 0 atom stereocenters. The second-order valence-corrected chi connectivity index (χ2v) is 10.5. The molecule has 1 heterocycles. The van der Waals surface area contributed by atoms with Crippen molar-refractivity contribution in [2.45, 2.75) is 77.4 Å². The van der Waals surface area contributed by atoms with Crippen molar-refractivity contribution in [2.75, 3.05) is 0 Å². The molecule has 2 aliphatic rings. The van der Waals surface area contributed by atoms with Gasteiger partial charge in [-0.25, -0.2) is 0 Å². The summed E-state index contributed by atoms with van der Waals surface area (Å²) in [5.74, 6) is 0.118. The Bertz CT molecular complexity index is 992. The van der Waals surface area contributed by atoms with E-state index in [9.17, 15) is 4.79 Å². The van der Waals surface area contributed by atoms with E-state index in [2.05, 4.69) is 78.9 Å². The van der Waals surface area contributed by atoms with Gasteiger partial charge < -0.3 is 4.74 Å². The van der Waals surface area contributed by atoms with E-state index < -0.39 is 5.60 Å². The molecule has 1 spiro atoms. The van der Waals surface area contributed by atoms with E-state index >= 15 is 0 Å². The number of hydrogen-bond acceptors (Lipinski definition) is 2. The zero-order chi connectivity index (χ0) is 21.5. The van der Waals surface area contributed by atoms with Crippen LogP contribution in [0, 0.1) is 3.57 Å². The van der Waals surface area contributed by atoms with Crippen LogP contribution in [0.25, 0.3) is 16.7 Å². The van der Waals surface area contributed by atoms with Gasteiger partial charge in [-0.15, -0.1) is 0 Å². The Hall–Kier alpha value is -1.46. The van der Waals surface area contributed by atoms with E-state index in [1.807, 2.05) is 13.8 Å². The number of ether oxygens (including phenoxy) is 1. The highest BCUT2D eigenvalue weighted by atomic mass is 127. The zero-order valence-electron chi connectivity index (χ0n) is 18.5. The molecule has 1 aliphatic carbocycles. The molecule has 2 aromatic rings. The van der Waals surface area contributed by atoms with Crippen molar-refractivity contribution in [3.63, 3.8) is 0 Å². The van der Waals surface area contributed by atoms with Crippen molar-refractivity contribution < 1.29 is 9.53 Å². The van der Waals surface area contributed by atoms with Gasteiger partial charge in [0, 0.05) is 9.14 Å². The van der Waals surface area contributed by atoms with Gasteiger partial charge in [0.25, 0.3) is 0 Å². The molecule has 3 heteroatoms. The van der Waals surface area contributed by atoms with E-state index in [1.54, 1.807) is 0 Å². The van der Waals surface area contributed by atoms with Crippen LogP contribution in [-0.4, -0.2) is 17.0 Å². The van der Waals surface area contributed by atoms with Crippen LogP contribution in [0.4, 0.5) is 0 Å². The second kappa shape index (κ2) is 8.23. The molecular formula is C27H31IO2. The molecule has 1 aliphatic heterocycles. The molecule has 30 heavy (non-hydrogen) atoms. The third kappa shape index (κ3) is 3.80. The Morgan fingerprint density at radius 1 is 0.967 bits per heavy atom. The highest BCUT2D eigenvalue weighted by Gasteiger charge is 2.49. The molecule has 0 unspecified atom stereocenters. The lowest BCUT2D eigenvalue weighted by molar-refractivity contribution is -0.164. The summed E-state index contributed by atoms with van der Waals surface area (Å²) in [5.41, 5.74) is 5.72. The third-order valence-corrected chi connectivity index (χ3v) is 7.60. The zero-order valence-corrected chi connectivity index (χ0v) is 20.6. The topological polar surface area (TPSA) is 26.3 Å². The Kier molecular flexibility index (Phi) is 5.97. The summed E-state index contributed by atoms with van der Waals surface area (Å²) in [7, 11) is 0. The molecule has 0 N–H and O–H groups in total. The Labute approximate surface area is 194 Å². The van der Waals surface area contributed by atoms with Gasteiger partial charge in [0.2, 0.25) is 0 Å². The lowest BCUT2D eigenvalue weighted by Crippen LogP contribution is -2.52. The fourth-order valence-corrected chi connectivity index (χ4v) is 5.55. The highest BCUT2D eigenvalue weighted by Crippen LogP contribution is 2.48. The predicted octanol–water partition coefficient (Wildman–Crippen LogP) is 7.37. The number of halogens is 1. The lowest BCUT2D eigenvalue weighted by atomic mass is 9.71. The fourth-order valence-electron chi connectivity index (χ4n) is 5.19. The molecule has 0 saturated heterocycles. The maximum Gasteiger partial charge on any atom is 0.194 e. The first-order chi connectivity index (χ1) is 14.3. The summed E-state index contributed by atoms with van der Waals surface area (Å²) in [6.45, 7) is 8.21. The van der Waals surface area contributed by atoms with Crippen LogP contribution in [0.5, 0.6) is 0 Å². The number of hydrogen-bond donors (Lipinski definition) is 0. The van der Waals surface area contributed by atoms with Crippen molar-refractivity contribution in [1.82, 2.24) is 0 Å². The molecule has 0 amide bonds. The minimum Gasteiger partial charge on any atom is -0.357 e. The van der Waals surface area contributed by atoms with E-state index in [1.165, 1.54) is 39.5 Å². The minimum atomic E-state index is -0.786. The van der Waals surface area contributed by atoms with Crippen molar-refractivity contribution in [1.29, 1.82) is 0 Å². The smallest absolute Gasteiger partial charge is 0.194 e. The van der Waals surface area contributed by atoms with Crippen LogP contribution in [0.2, 0.25) is 0 Å². The van der Waals surface area contributed by atoms with Gasteiger partial charge >= 0.3 is 0 Å². The number of rotatable bonds is 3. The molecule has 1 fully saturated rings. The summed E-state index contributed by atoms with van der Waals surface area (Å²) in [6.07, 6.45) is 6.52. The van der Waals surface area contributed by atoms with Gasteiger partial charge in [-0.1, -0.05) is 56.5 Å². The average Bonchev–Trinajstić information content (AvgIpc) is 2.74. The first-order valence-corrected chi connectivity index (χ1v) is 12.2. The second-order valence-electron chi connectivity index (χ2n) is 9.23. The molecule has 0 radical (unpaired) electrons. The standard InChI is InChI=1S/C27H31IO2/c1-5-19-17-21(20-9-12-22(28)13-10-20)11-14-23(19)24-18(2)27(15-7-6-8-16-27)30-26(3,4)25(24)29/h9-14,17H,5-8,15-16H2,1-4H3. The van der Waals surface area contributed by atoms with Crippen molar-refractivity contribution in [3.8, 4) is 11.1 Å². The summed E-state index contributed by atoms with van der Waals surface area (Å²) in [4.78, 5) is 13.6. The molecule has 0 aromatic heterocycles. The summed E-state index contributed by atoms with van der Waals surface area (Å²) in [5, 5.41) is 0. The molecule has 2 aromatic carbocycles. The molecule has 158 valence electrons. The summed E-state index contributed by atoms with van der Waals surface area (Å²) >= 11 is 2.33. The number of ketones is 1. The number of carbonyl (C=O) groups is 1. The van der Waals surface area contributed by atoms with Crippen molar-refractivity contribution in [3.05, 3.63) is 62.7 Å². The SMILES string of the molecule is CCc1cc(-c2ccc(I)cc2)ccc1C1=C(C)C2(CCCCC2)OC(C)(C)C1=O. The van der Waals surface area contributed by atoms with E-state index in [0.29, 0.717) is 0 Å². The Morgan fingerprint density at radius 3 is 2.23 bits per heavy atom. The van der Waals surface area contributed by atoms with Crippen LogP contribution in [0.15, 0.2) is 48.0 Å². The number of aryl methyl sites for hydroxylation is 1. The lowest BCUT2D eigenvalue weighted by Gasteiger charge is -2.48. The van der Waals surface area contributed by atoms with Crippen molar-refractivity contribution >= 4 is 33.9 Å². The Balaban J connectivity index is 1.85. The minimum absolute atomic E-state index is 0.118. The molecule has 0 bridgehead atoms. The van der Waals surface area contributed by atoms with Gasteiger partial charge in [-0.2, -0.15) is 0 Å². The maximum atomic E-state index is 13.6. The van der Waals surface area contributed by atoms with E-state index in [0.717, 1.165) is 36.0 Å². The quantitative estimate of drug-likeness (QED) is 0.400. The fraction of sp³-hybridized carbons (Fsp3) is 0.444. The number of benzene rings is 2. The van der Waals surface area contributed by atoms with Crippen LogP contribution in [-0.2, 0) is 16.0 Å². The Morgan fingerprint density at radius 2 is 1.60 bits per heavy atom. The molecule has 4 rings (SSSR count). The van der Waals surface area contributed by atoms with Crippen LogP contribution >= 0.6 is 22.6 Å². The normalized spacial score (nSPS) is 20.6. The van der Waals surface area contributed by atoms with Gasteiger partial charge in [0.15, 0.2) is 5.78 Å². The largest absolute Gasteiger partial charge is 0.357 e.